The van der Waals surface area contributed by atoms with Crippen LogP contribution in [0.15, 0.2) is 28.3 Å². The molecule has 2 aromatic heterocycles. The number of aromatic nitrogens is 2. The van der Waals surface area contributed by atoms with Gasteiger partial charge in [-0.2, -0.15) is 5.10 Å². The molecule has 0 aliphatic heterocycles. The van der Waals surface area contributed by atoms with Crippen LogP contribution >= 0.6 is 11.6 Å². The van der Waals surface area contributed by atoms with E-state index in [4.69, 9.17) is 30.6 Å². The number of aliphatic hydroxyl groups excluding tert-OH is 1. The molecule has 0 bridgehead atoms. The van der Waals surface area contributed by atoms with Crippen LogP contribution in [0.1, 0.15) is 103 Å². The Morgan fingerprint density at radius 2 is 1.83 bits per heavy atom. The number of allylic oxidation sites excluding steroid dienone is 1. The second-order valence-corrected chi connectivity index (χ2v) is 15.0. The van der Waals surface area contributed by atoms with Crippen LogP contribution in [-0.4, -0.2) is 55.8 Å². The lowest BCUT2D eigenvalue weighted by Gasteiger charge is -2.65. The zero-order valence-electron chi connectivity index (χ0n) is 27.9. The van der Waals surface area contributed by atoms with E-state index in [0.717, 1.165) is 42.0 Å². The summed E-state index contributed by atoms with van der Waals surface area (Å²) in [4.78, 5) is 38.1. The molecule has 9 nitrogen and oxygen atoms in total. The van der Waals surface area contributed by atoms with Crippen molar-refractivity contribution in [3.8, 4) is 0 Å². The first-order valence-corrected chi connectivity index (χ1v) is 17.3. The fraction of sp³-hybridized carbons (Fsp3) is 0.667. The van der Waals surface area contributed by atoms with E-state index in [1.54, 1.807) is 13.8 Å². The van der Waals surface area contributed by atoms with Crippen molar-refractivity contribution in [1.29, 1.82) is 0 Å². The van der Waals surface area contributed by atoms with Gasteiger partial charge in [0, 0.05) is 36.0 Å². The van der Waals surface area contributed by atoms with Crippen LogP contribution in [0.25, 0.3) is 6.08 Å². The quantitative estimate of drug-likeness (QED) is 0.256. The summed E-state index contributed by atoms with van der Waals surface area (Å²) in [5, 5.41) is 17.0. The molecule has 6 rings (SSSR count). The molecule has 0 aromatic carbocycles. The van der Waals surface area contributed by atoms with Crippen molar-refractivity contribution in [1.82, 2.24) is 9.78 Å². The summed E-state index contributed by atoms with van der Waals surface area (Å²) in [6.07, 6.45) is 7.14. The average molecular weight is 655 g/mol. The summed E-state index contributed by atoms with van der Waals surface area (Å²) < 4.78 is 19.4. The van der Waals surface area contributed by atoms with Crippen molar-refractivity contribution in [2.24, 2.45) is 28.6 Å². The van der Waals surface area contributed by atoms with Crippen molar-refractivity contribution < 1.29 is 33.4 Å². The lowest BCUT2D eigenvalue weighted by Crippen LogP contribution is -2.70. The lowest BCUT2D eigenvalue weighted by molar-refractivity contribution is -0.204. The van der Waals surface area contributed by atoms with Crippen LogP contribution < -0.4 is 0 Å². The molecule has 2 heterocycles. The maximum atomic E-state index is 14.1. The number of Topliss-reactive ketones (excluding diaryl/α,β-unsaturated/α-hetero) is 1. The van der Waals surface area contributed by atoms with Crippen molar-refractivity contribution in [3.63, 3.8) is 0 Å². The van der Waals surface area contributed by atoms with Crippen molar-refractivity contribution >= 4 is 35.4 Å². The second kappa shape index (κ2) is 11.7. The van der Waals surface area contributed by atoms with Gasteiger partial charge in [-0.25, -0.2) is 0 Å². The van der Waals surface area contributed by atoms with Crippen LogP contribution in [0, 0.1) is 28.6 Å². The number of halogens is 1. The average Bonchev–Trinajstić information content (AvgIpc) is 3.71. The number of hydrogen-bond acceptors (Lipinski definition) is 8. The maximum Gasteiger partial charge on any atom is 0.306 e. The van der Waals surface area contributed by atoms with Gasteiger partial charge in [0.15, 0.2) is 12.2 Å². The van der Waals surface area contributed by atoms with Crippen LogP contribution in [0.5, 0.6) is 0 Å². The van der Waals surface area contributed by atoms with E-state index in [0.29, 0.717) is 19.4 Å². The van der Waals surface area contributed by atoms with Gasteiger partial charge in [-0.15, -0.1) is 11.6 Å². The minimum Gasteiger partial charge on any atom is -0.464 e. The molecule has 0 amide bonds. The lowest BCUT2D eigenvalue weighted by atomic mass is 9.44. The molecular formula is C36H47ClN2O7. The Morgan fingerprint density at radius 3 is 2.50 bits per heavy atom. The first kappa shape index (κ1) is 33.0. The van der Waals surface area contributed by atoms with Gasteiger partial charge in [-0.3, -0.25) is 19.1 Å². The van der Waals surface area contributed by atoms with Crippen LogP contribution in [0.2, 0.25) is 0 Å². The molecule has 0 saturated heterocycles. The highest BCUT2D eigenvalue weighted by atomic mass is 35.5. The van der Waals surface area contributed by atoms with Crippen LogP contribution in [0.3, 0.4) is 0 Å². The Hall–Kier alpha value is -2.91. The van der Waals surface area contributed by atoms with E-state index in [-0.39, 0.29) is 37.0 Å². The first-order valence-electron chi connectivity index (χ1n) is 16.9. The van der Waals surface area contributed by atoms with Gasteiger partial charge in [-0.05, 0) is 67.7 Å². The Labute approximate surface area is 276 Å². The number of carbonyl (C=O) groups is 3. The molecule has 250 valence electrons. The number of ketones is 1. The number of aliphatic hydroxyl groups is 1. The third kappa shape index (κ3) is 4.58. The normalized spacial score (nSPS) is 36.1. The highest BCUT2D eigenvalue weighted by molar-refractivity contribution is 6.26. The Kier molecular flexibility index (Phi) is 8.36. The minimum atomic E-state index is -1.54. The predicted molar refractivity (Wildman–Crippen MR) is 172 cm³/mol. The summed E-state index contributed by atoms with van der Waals surface area (Å²) in [7, 11) is 0. The zero-order valence-corrected chi connectivity index (χ0v) is 28.6. The topological polar surface area (TPSA) is 121 Å². The van der Waals surface area contributed by atoms with Gasteiger partial charge in [0.05, 0.1) is 29.4 Å². The van der Waals surface area contributed by atoms with E-state index in [9.17, 15) is 19.5 Å². The smallest absolute Gasteiger partial charge is 0.306 e. The highest BCUT2D eigenvalue weighted by Crippen LogP contribution is 2.72. The van der Waals surface area contributed by atoms with Gasteiger partial charge < -0.3 is 19.0 Å². The number of furan rings is 1. The molecular weight excluding hydrogens is 608 g/mol. The van der Waals surface area contributed by atoms with Gasteiger partial charge in [0.1, 0.15) is 11.5 Å². The summed E-state index contributed by atoms with van der Waals surface area (Å²) >= 11 is 7.87. The van der Waals surface area contributed by atoms with E-state index < -0.39 is 51.7 Å². The van der Waals surface area contributed by atoms with E-state index >= 15 is 0 Å². The van der Waals surface area contributed by atoms with Crippen molar-refractivity contribution in [3.05, 3.63) is 46.7 Å². The van der Waals surface area contributed by atoms with Crippen LogP contribution in [-0.2, 0) is 43.2 Å². The number of fused-ring (bicyclic) bond motifs is 6. The second-order valence-electron chi connectivity index (χ2n) is 14.4. The number of esters is 2. The zero-order chi connectivity index (χ0) is 33.2. The molecule has 8 atom stereocenters. The maximum absolute atomic E-state index is 14.1. The molecule has 0 unspecified atom stereocenters. The Bertz CT molecular complexity index is 1580. The molecule has 4 aliphatic rings. The summed E-state index contributed by atoms with van der Waals surface area (Å²) in [6.45, 7) is 11.6. The fourth-order valence-corrected chi connectivity index (χ4v) is 10.4. The van der Waals surface area contributed by atoms with Crippen LogP contribution in [0.4, 0.5) is 0 Å². The third-order valence-electron chi connectivity index (χ3n) is 12.2. The Morgan fingerprint density at radius 1 is 1.11 bits per heavy atom. The third-order valence-corrected chi connectivity index (χ3v) is 13.1. The minimum absolute atomic E-state index is 0.102. The number of ether oxygens (including phenoxy) is 2. The van der Waals surface area contributed by atoms with E-state index in [1.165, 1.54) is 5.57 Å². The molecule has 0 spiro atoms. The van der Waals surface area contributed by atoms with Gasteiger partial charge in [0.2, 0.25) is 5.78 Å². The number of carbonyl (C=O) groups excluding carboxylic acids is 3. The monoisotopic (exact) mass is 654 g/mol. The summed E-state index contributed by atoms with van der Waals surface area (Å²) in [5.41, 5.74) is 0.310. The van der Waals surface area contributed by atoms with Gasteiger partial charge in [0.25, 0.3) is 0 Å². The van der Waals surface area contributed by atoms with Crippen molar-refractivity contribution in [2.75, 3.05) is 6.61 Å². The summed E-state index contributed by atoms with van der Waals surface area (Å²) in [6, 6.07) is 4.00. The molecule has 10 heteroatoms. The van der Waals surface area contributed by atoms with Crippen molar-refractivity contribution in [2.45, 2.75) is 116 Å². The fourth-order valence-electron chi connectivity index (χ4n) is 9.88. The largest absolute Gasteiger partial charge is 0.464 e. The van der Waals surface area contributed by atoms with Gasteiger partial charge in [-0.1, -0.05) is 47.1 Å². The Balaban J connectivity index is 1.35. The molecule has 3 saturated carbocycles. The molecule has 46 heavy (non-hydrogen) atoms. The highest BCUT2D eigenvalue weighted by Gasteiger charge is 2.76. The number of alkyl halides is 1. The summed E-state index contributed by atoms with van der Waals surface area (Å²) in [5.74, 6) is -0.206. The molecule has 2 aromatic rings. The SMILES string of the molecule is CCC(=O)OCC(=O)[C@@]1(OC(=O)CC)[C@@H](C)C[C@H]2[C@@H]3CCC4=Cc5c(cnn5Cc5ccc(CC)o5)C[C@]4(C)[C@@]3(Cl)[C@@H](O)C[C@@]21C. The van der Waals surface area contributed by atoms with Gasteiger partial charge >= 0.3 is 11.9 Å². The molecule has 3 fully saturated rings. The molecule has 1 N–H and O–H groups in total. The van der Waals surface area contributed by atoms with E-state index in [2.05, 4.69) is 19.9 Å². The first-order chi connectivity index (χ1) is 21.8. The number of rotatable bonds is 9. The predicted octanol–water partition coefficient (Wildman–Crippen LogP) is 6.06. The molecule has 0 radical (unpaired) electrons. The number of aryl methyl sites for hydroxylation is 1. The number of nitrogens with zero attached hydrogens (tertiary/aromatic N) is 2. The molecule has 4 aliphatic carbocycles. The van der Waals surface area contributed by atoms with E-state index in [1.807, 2.05) is 36.9 Å². The standard InChI is InChI=1S/C36H47ClN2O7/c1-7-24-11-12-25(45-24)19-39-28-15-23-10-13-26-27-14-21(4)36(46-32(43)9-3,30(41)20-44-31(42)8-2)34(27,6)17-29(40)35(26,37)33(23,5)16-22(28)18-38-39/h11-12,15,18,21,26-27,29,40H,7-10,13-14,16-17,19-20H2,1-6H3/t21-,26-,27-,29-,33-,34-,35-,36-/m0/s1. The number of hydrogen-bond donors (Lipinski definition) is 1.